The molecule has 1 aromatic carbocycles. The number of ether oxygens (including phenoxy) is 1. The molecule has 0 saturated heterocycles. The largest absolute Gasteiger partial charge is 0.487 e. The average molecular weight is 247 g/mol. The lowest BCUT2D eigenvalue weighted by atomic mass is 10.1. The topological polar surface area (TPSA) is 35.0 Å². The van der Waals surface area contributed by atoms with Crippen LogP contribution in [0.25, 0.3) is 6.08 Å². The van der Waals surface area contributed by atoms with E-state index in [9.17, 15) is 0 Å². The van der Waals surface area contributed by atoms with Crippen LogP contribution in [0, 0.1) is 0 Å². The Bertz CT molecular complexity index is 511. The van der Waals surface area contributed by atoms with Crippen molar-refractivity contribution in [2.45, 2.75) is 6.61 Å². The maximum absolute atomic E-state index is 5.70. The van der Waals surface area contributed by atoms with Crippen LogP contribution in [0.1, 0.15) is 11.1 Å². The van der Waals surface area contributed by atoms with Crippen LogP contribution in [0.15, 0.2) is 43.1 Å². The maximum Gasteiger partial charge on any atom is 0.155 e. The van der Waals surface area contributed by atoms with Gasteiger partial charge < -0.3 is 4.74 Å². The number of hydrogen-bond acceptors (Lipinski definition) is 3. The predicted octanol–water partition coefficient (Wildman–Crippen LogP) is 3.35. The molecule has 0 saturated carbocycles. The molecule has 4 heteroatoms. The van der Waals surface area contributed by atoms with E-state index in [0.717, 1.165) is 11.1 Å². The van der Waals surface area contributed by atoms with Gasteiger partial charge in [0.1, 0.15) is 12.4 Å². The van der Waals surface area contributed by atoms with Gasteiger partial charge in [-0.05, 0) is 11.1 Å². The molecular weight excluding hydrogens is 236 g/mol. The normalized spacial score (nSPS) is 9.94. The highest BCUT2D eigenvalue weighted by Gasteiger charge is 1.98. The van der Waals surface area contributed by atoms with E-state index in [1.165, 1.54) is 6.20 Å². The SMILES string of the molecule is C=Cc1ccc(COc2cnnc(Cl)c2)cc1. The number of benzene rings is 1. The second kappa shape index (κ2) is 5.46. The van der Waals surface area contributed by atoms with Gasteiger partial charge in [-0.25, -0.2) is 0 Å². The van der Waals surface area contributed by atoms with E-state index in [2.05, 4.69) is 16.8 Å². The van der Waals surface area contributed by atoms with Crippen molar-refractivity contribution in [3.8, 4) is 5.75 Å². The molecule has 17 heavy (non-hydrogen) atoms. The molecule has 0 bridgehead atoms. The number of halogens is 1. The second-order valence-corrected chi connectivity index (χ2v) is 3.84. The van der Waals surface area contributed by atoms with Gasteiger partial charge in [-0.1, -0.05) is 48.5 Å². The molecule has 0 fully saturated rings. The number of rotatable bonds is 4. The number of hydrogen-bond donors (Lipinski definition) is 0. The fraction of sp³-hybridized carbons (Fsp3) is 0.0769. The molecule has 1 heterocycles. The van der Waals surface area contributed by atoms with Crippen LogP contribution in [0.5, 0.6) is 5.75 Å². The molecule has 0 aliphatic carbocycles. The Labute approximate surface area is 105 Å². The van der Waals surface area contributed by atoms with E-state index in [-0.39, 0.29) is 0 Å². The first-order valence-electron chi connectivity index (χ1n) is 5.10. The lowest BCUT2D eigenvalue weighted by Crippen LogP contribution is -1.96. The monoisotopic (exact) mass is 246 g/mol. The zero-order valence-electron chi connectivity index (χ0n) is 9.14. The lowest BCUT2D eigenvalue weighted by Gasteiger charge is -2.05. The van der Waals surface area contributed by atoms with Crippen molar-refractivity contribution in [1.29, 1.82) is 0 Å². The summed E-state index contributed by atoms with van der Waals surface area (Å²) in [5.41, 5.74) is 2.16. The van der Waals surface area contributed by atoms with E-state index in [0.29, 0.717) is 17.5 Å². The predicted molar refractivity (Wildman–Crippen MR) is 67.9 cm³/mol. The molecule has 0 N–H and O–H groups in total. The van der Waals surface area contributed by atoms with Crippen molar-refractivity contribution in [3.05, 3.63) is 59.4 Å². The molecule has 2 aromatic rings. The van der Waals surface area contributed by atoms with Gasteiger partial charge >= 0.3 is 0 Å². The lowest BCUT2D eigenvalue weighted by molar-refractivity contribution is 0.304. The summed E-state index contributed by atoms with van der Waals surface area (Å²) in [7, 11) is 0. The van der Waals surface area contributed by atoms with E-state index in [1.807, 2.05) is 24.3 Å². The van der Waals surface area contributed by atoms with Gasteiger partial charge in [-0.2, -0.15) is 5.10 Å². The van der Waals surface area contributed by atoms with Gasteiger partial charge in [-0.3, -0.25) is 0 Å². The van der Waals surface area contributed by atoms with Crippen LogP contribution >= 0.6 is 11.6 Å². The Balaban J connectivity index is 1.99. The van der Waals surface area contributed by atoms with E-state index < -0.39 is 0 Å². The number of aromatic nitrogens is 2. The highest BCUT2D eigenvalue weighted by atomic mass is 35.5. The summed E-state index contributed by atoms with van der Waals surface area (Å²) in [4.78, 5) is 0. The smallest absolute Gasteiger partial charge is 0.155 e. The van der Waals surface area contributed by atoms with Crippen molar-refractivity contribution in [2.75, 3.05) is 0 Å². The third kappa shape index (κ3) is 3.29. The van der Waals surface area contributed by atoms with Gasteiger partial charge in [0.2, 0.25) is 0 Å². The molecule has 86 valence electrons. The molecule has 0 radical (unpaired) electrons. The summed E-state index contributed by atoms with van der Waals surface area (Å²) in [6, 6.07) is 9.60. The van der Waals surface area contributed by atoms with Crippen LogP contribution in [0.3, 0.4) is 0 Å². The van der Waals surface area contributed by atoms with Gasteiger partial charge in [0.15, 0.2) is 5.15 Å². The van der Waals surface area contributed by atoms with E-state index in [4.69, 9.17) is 16.3 Å². The van der Waals surface area contributed by atoms with Gasteiger partial charge in [0.25, 0.3) is 0 Å². The van der Waals surface area contributed by atoms with Crippen LogP contribution < -0.4 is 4.74 Å². The molecular formula is C13H11ClN2O. The minimum atomic E-state index is 0.324. The summed E-state index contributed by atoms with van der Waals surface area (Å²) in [6.45, 7) is 4.17. The van der Waals surface area contributed by atoms with Crippen LogP contribution in [0.4, 0.5) is 0 Å². The summed E-state index contributed by atoms with van der Waals surface area (Å²) in [5, 5.41) is 7.67. The van der Waals surface area contributed by atoms with Crippen LogP contribution in [-0.2, 0) is 6.61 Å². The third-order valence-corrected chi connectivity index (χ3v) is 2.41. The fourth-order valence-electron chi connectivity index (χ4n) is 1.32. The third-order valence-electron chi connectivity index (χ3n) is 2.22. The minimum Gasteiger partial charge on any atom is -0.487 e. The van der Waals surface area contributed by atoms with Crippen LogP contribution in [0.2, 0.25) is 5.15 Å². The first kappa shape index (κ1) is 11.6. The Hall–Kier alpha value is -1.87. The summed E-state index contributed by atoms with van der Waals surface area (Å²) < 4.78 is 5.53. The fourth-order valence-corrected chi connectivity index (χ4v) is 1.47. The molecule has 0 aliphatic rings. The maximum atomic E-state index is 5.70. The van der Waals surface area contributed by atoms with Crippen molar-refractivity contribution in [2.24, 2.45) is 0 Å². The zero-order chi connectivity index (χ0) is 12.1. The summed E-state index contributed by atoms with van der Waals surface area (Å²) in [6.07, 6.45) is 3.33. The Morgan fingerprint density at radius 1 is 1.29 bits per heavy atom. The van der Waals surface area contributed by atoms with Gasteiger partial charge in [0.05, 0.1) is 6.20 Å². The van der Waals surface area contributed by atoms with Crippen molar-refractivity contribution in [1.82, 2.24) is 10.2 Å². The first-order valence-corrected chi connectivity index (χ1v) is 5.48. The Morgan fingerprint density at radius 2 is 2.06 bits per heavy atom. The molecule has 3 nitrogen and oxygen atoms in total. The highest BCUT2D eigenvalue weighted by Crippen LogP contribution is 2.15. The summed E-state index contributed by atoms with van der Waals surface area (Å²) in [5.74, 6) is 0.609. The molecule has 0 spiro atoms. The average Bonchev–Trinajstić information content (AvgIpc) is 2.37. The Morgan fingerprint density at radius 3 is 2.71 bits per heavy atom. The minimum absolute atomic E-state index is 0.324. The molecule has 0 amide bonds. The molecule has 0 aliphatic heterocycles. The number of nitrogens with zero attached hydrogens (tertiary/aromatic N) is 2. The van der Waals surface area contributed by atoms with Gasteiger partial charge in [-0.15, -0.1) is 5.10 Å². The standard InChI is InChI=1S/C13H11ClN2O/c1-2-10-3-5-11(6-4-10)9-17-12-7-13(14)16-15-8-12/h2-8H,1,9H2. The molecule has 0 atom stereocenters. The van der Waals surface area contributed by atoms with Gasteiger partial charge in [0, 0.05) is 6.07 Å². The molecule has 2 rings (SSSR count). The first-order chi connectivity index (χ1) is 8.28. The molecule has 0 unspecified atom stereocenters. The van der Waals surface area contributed by atoms with Crippen molar-refractivity contribution in [3.63, 3.8) is 0 Å². The van der Waals surface area contributed by atoms with E-state index >= 15 is 0 Å². The van der Waals surface area contributed by atoms with Crippen molar-refractivity contribution < 1.29 is 4.74 Å². The van der Waals surface area contributed by atoms with Crippen LogP contribution in [-0.4, -0.2) is 10.2 Å². The summed E-state index contributed by atoms with van der Waals surface area (Å²) >= 11 is 5.70. The second-order valence-electron chi connectivity index (χ2n) is 3.45. The highest BCUT2D eigenvalue weighted by molar-refractivity contribution is 6.29. The van der Waals surface area contributed by atoms with E-state index in [1.54, 1.807) is 12.1 Å². The quantitative estimate of drug-likeness (QED) is 0.830. The Kier molecular flexibility index (Phi) is 3.73. The zero-order valence-corrected chi connectivity index (χ0v) is 9.89. The van der Waals surface area contributed by atoms with Crippen molar-refractivity contribution >= 4 is 17.7 Å². The molecule has 1 aromatic heterocycles.